The number of rotatable bonds is 4. The van der Waals surface area contributed by atoms with Crippen LogP contribution in [0.2, 0.25) is 0 Å². The van der Waals surface area contributed by atoms with Crippen LogP contribution in [0.25, 0.3) is 0 Å². The summed E-state index contributed by atoms with van der Waals surface area (Å²) in [5, 5.41) is 0. The normalized spacial score (nSPS) is 19.3. The first-order valence-electron chi connectivity index (χ1n) is 6.19. The number of halogens is 1. The Labute approximate surface area is 121 Å². The Bertz CT molecular complexity index is 530. The lowest BCUT2D eigenvalue weighted by Gasteiger charge is -2.28. The van der Waals surface area contributed by atoms with E-state index in [0.717, 1.165) is 12.8 Å². The van der Waals surface area contributed by atoms with Crippen molar-refractivity contribution in [3.05, 3.63) is 22.9 Å². The molecule has 106 valence electrons. The van der Waals surface area contributed by atoms with Crippen LogP contribution in [-0.4, -0.2) is 32.7 Å². The maximum absolute atomic E-state index is 12.2. The highest BCUT2D eigenvalue weighted by atomic mass is 79.9. The minimum Gasteiger partial charge on any atom is -0.381 e. The molecule has 1 N–H and O–H groups in total. The highest BCUT2D eigenvalue weighted by molar-refractivity contribution is 9.10. The first-order valence-corrected chi connectivity index (χ1v) is 8.47. The lowest BCUT2D eigenvalue weighted by Crippen LogP contribution is -2.40. The van der Waals surface area contributed by atoms with Gasteiger partial charge in [-0.15, -0.1) is 0 Å². The van der Waals surface area contributed by atoms with Crippen molar-refractivity contribution in [3.8, 4) is 0 Å². The molecule has 1 aromatic rings. The van der Waals surface area contributed by atoms with Crippen LogP contribution in [0.5, 0.6) is 0 Å². The van der Waals surface area contributed by atoms with E-state index in [-0.39, 0.29) is 10.9 Å². The van der Waals surface area contributed by atoms with E-state index in [9.17, 15) is 8.42 Å². The van der Waals surface area contributed by atoms with Crippen LogP contribution in [-0.2, 0) is 14.8 Å². The molecule has 1 saturated heterocycles. The van der Waals surface area contributed by atoms with Crippen LogP contribution >= 0.6 is 15.9 Å². The monoisotopic (exact) mass is 348 g/mol. The molecule has 2 rings (SSSR count). The quantitative estimate of drug-likeness (QED) is 0.902. The summed E-state index contributed by atoms with van der Waals surface area (Å²) in [5.74, 6) is 0.323. The molecule has 0 bridgehead atoms. The van der Waals surface area contributed by atoms with Gasteiger partial charge in [-0.2, -0.15) is 0 Å². The Morgan fingerprint density at radius 3 is 2.74 bits per heavy atom. The summed E-state index contributed by atoms with van der Waals surface area (Å²) in [6.45, 7) is 3.31. The molecular formula is C12H17BrN2O3S. The van der Waals surface area contributed by atoms with E-state index < -0.39 is 10.0 Å². The predicted octanol–water partition coefficient (Wildman–Crippen LogP) is 1.94. The molecule has 5 nitrogen and oxygen atoms in total. The molecule has 2 heterocycles. The van der Waals surface area contributed by atoms with Gasteiger partial charge in [0.1, 0.15) is 4.90 Å². The van der Waals surface area contributed by atoms with Crippen molar-refractivity contribution in [1.82, 2.24) is 9.71 Å². The van der Waals surface area contributed by atoms with E-state index in [1.165, 1.54) is 6.20 Å². The van der Waals surface area contributed by atoms with Crippen LogP contribution in [0, 0.1) is 5.92 Å². The third-order valence-electron chi connectivity index (χ3n) is 3.30. The molecule has 1 aliphatic heterocycles. The van der Waals surface area contributed by atoms with Crippen molar-refractivity contribution in [2.45, 2.75) is 30.7 Å². The van der Waals surface area contributed by atoms with Crippen molar-refractivity contribution < 1.29 is 13.2 Å². The topological polar surface area (TPSA) is 68.3 Å². The Kier molecular flexibility index (Phi) is 4.94. The second-order valence-corrected chi connectivity index (χ2v) is 7.33. The summed E-state index contributed by atoms with van der Waals surface area (Å²) in [6, 6.07) is 1.44. The zero-order chi connectivity index (χ0) is 13.9. The number of nitrogens with zero attached hydrogens (tertiary/aromatic N) is 1. The zero-order valence-electron chi connectivity index (χ0n) is 10.7. The standard InChI is InChI=1S/C12H17BrN2O3S/c1-9(10-2-4-18-5-3-10)15-19(16,17)12-6-11(13)7-14-8-12/h6-10,15H,2-5H2,1H3. The number of nitrogens with one attached hydrogen (secondary N) is 1. The zero-order valence-corrected chi connectivity index (χ0v) is 13.1. The lowest BCUT2D eigenvalue weighted by atomic mass is 9.94. The molecule has 7 heteroatoms. The molecule has 1 aliphatic rings. The third-order valence-corrected chi connectivity index (χ3v) is 5.26. The second kappa shape index (κ2) is 6.30. The van der Waals surface area contributed by atoms with Crippen molar-refractivity contribution >= 4 is 26.0 Å². The molecule has 19 heavy (non-hydrogen) atoms. The van der Waals surface area contributed by atoms with Gasteiger partial charge in [0, 0.05) is 36.1 Å². The largest absolute Gasteiger partial charge is 0.381 e. The van der Waals surface area contributed by atoms with Crippen LogP contribution in [0.3, 0.4) is 0 Å². The summed E-state index contributed by atoms with van der Waals surface area (Å²) < 4.78 is 33.1. The van der Waals surface area contributed by atoms with Crippen molar-refractivity contribution in [1.29, 1.82) is 0 Å². The van der Waals surface area contributed by atoms with E-state index in [1.807, 2.05) is 6.92 Å². The number of ether oxygens (including phenoxy) is 1. The Hall–Kier alpha value is -0.500. The van der Waals surface area contributed by atoms with Gasteiger partial charge in [-0.25, -0.2) is 13.1 Å². The summed E-state index contributed by atoms with van der Waals surface area (Å²) in [4.78, 5) is 4.07. The summed E-state index contributed by atoms with van der Waals surface area (Å²) in [5.41, 5.74) is 0. The first kappa shape index (κ1) is 14.9. The smallest absolute Gasteiger partial charge is 0.242 e. The van der Waals surface area contributed by atoms with Gasteiger partial charge in [-0.05, 0) is 47.7 Å². The fourth-order valence-corrected chi connectivity index (χ4v) is 3.98. The van der Waals surface area contributed by atoms with E-state index in [1.54, 1.807) is 12.3 Å². The lowest BCUT2D eigenvalue weighted by molar-refractivity contribution is 0.0585. The maximum atomic E-state index is 12.2. The molecule has 1 atom stereocenters. The van der Waals surface area contributed by atoms with Gasteiger partial charge in [-0.3, -0.25) is 4.98 Å². The number of sulfonamides is 1. The summed E-state index contributed by atoms with van der Waals surface area (Å²) in [6.07, 6.45) is 4.69. The molecule has 1 aromatic heterocycles. The van der Waals surface area contributed by atoms with Crippen LogP contribution < -0.4 is 4.72 Å². The van der Waals surface area contributed by atoms with Crippen molar-refractivity contribution in [3.63, 3.8) is 0 Å². The summed E-state index contributed by atoms with van der Waals surface area (Å²) in [7, 11) is -3.51. The van der Waals surface area contributed by atoms with Gasteiger partial charge >= 0.3 is 0 Å². The molecule has 0 saturated carbocycles. The summed E-state index contributed by atoms with van der Waals surface area (Å²) >= 11 is 3.23. The highest BCUT2D eigenvalue weighted by Crippen LogP contribution is 2.21. The van der Waals surface area contributed by atoms with Crippen molar-refractivity contribution in [2.75, 3.05) is 13.2 Å². The number of pyridine rings is 1. The van der Waals surface area contributed by atoms with Gasteiger partial charge in [0.05, 0.1) is 0 Å². The van der Waals surface area contributed by atoms with Gasteiger partial charge in [-0.1, -0.05) is 0 Å². The van der Waals surface area contributed by atoms with Crippen molar-refractivity contribution in [2.24, 2.45) is 5.92 Å². The second-order valence-electron chi connectivity index (χ2n) is 4.70. The van der Waals surface area contributed by atoms with Gasteiger partial charge in [0.25, 0.3) is 0 Å². The molecular weight excluding hydrogens is 332 g/mol. The van der Waals surface area contributed by atoms with Gasteiger partial charge < -0.3 is 4.74 Å². The highest BCUT2D eigenvalue weighted by Gasteiger charge is 2.25. The molecule has 1 unspecified atom stereocenters. The van der Waals surface area contributed by atoms with Gasteiger partial charge in [0.2, 0.25) is 10.0 Å². The minimum atomic E-state index is -3.51. The number of hydrogen-bond acceptors (Lipinski definition) is 4. The molecule has 0 aromatic carbocycles. The first-order chi connectivity index (χ1) is 8.99. The minimum absolute atomic E-state index is 0.104. The molecule has 0 spiro atoms. The Morgan fingerprint density at radius 1 is 1.42 bits per heavy atom. The van der Waals surface area contributed by atoms with E-state index in [2.05, 4.69) is 25.6 Å². The van der Waals surface area contributed by atoms with E-state index in [0.29, 0.717) is 23.6 Å². The predicted molar refractivity (Wildman–Crippen MR) is 75.3 cm³/mol. The van der Waals surface area contributed by atoms with Crippen LogP contribution in [0.4, 0.5) is 0 Å². The fraction of sp³-hybridized carbons (Fsp3) is 0.583. The van der Waals surface area contributed by atoms with E-state index >= 15 is 0 Å². The molecule has 0 amide bonds. The maximum Gasteiger partial charge on any atom is 0.242 e. The Balaban J connectivity index is 2.08. The average Bonchev–Trinajstić information content (AvgIpc) is 2.39. The van der Waals surface area contributed by atoms with Crippen LogP contribution in [0.1, 0.15) is 19.8 Å². The molecule has 0 radical (unpaired) electrons. The fourth-order valence-electron chi connectivity index (χ4n) is 2.16. The Morgan fingerprint density at radius 2 is 2.11 bits per heavy atom. The average molecular weight is 349 g/mol. The third kappa shape index (κ3) is 3.98. The number of hydrogen-bond donors (Lipinski definition) is 1. The van der Waals surface area contributed by atoms with Gasteiger partial charge in [0.15, 0.2) is 0 Å². The SMILES string of the molecule is CC(NS(=O)(=O)c1cncc(Br)c1)C1CCOCC1. The van der Waals surface area contributed by atoms with Crippen LogP contribution in [0.15, 0.2) is 27.8 Å². The number of aromatic nitrogens is 1. The molecule has 0 aliphatic carbocycles. The van der Waals surface area contributed by atoms with E-state index in [4.69, 9.17) is 4.74 Å². The molecule has 1 fully saturated rings.